The molecule has 0 aromatic heterocycles. The van der Waals surface area contributed by atoms with Crippen LogP contribution in [0.2, 0.25) is 0 Å². The zero-order valence-corrected chi connectivity index (χ0v) is 10.2. The number of nitrogens with one attached hydrogen (secondary N) is 1. The SMILES string of the molecule is O=CC1(NC(=O)O)COCC1OCc1ccccc1. The lowest BCUT2D eigenvalue weighted by Crippen LogP contribution is -2.58. The van der Waals surface area contributed by atoms with Crippen LogP contribution in [0.3, 0.4) is 0 Å². The van der Waals surface area contributed by atoms with Crippen LogP contribution in [0.4, 0.5) is 4.79 Å². The molecule has 0 radical (unpaired) electrons. The predicted octanol–water partition coefficient (Wildman–Crippen LogP) is 0.807. The first-order valence-electron chi connectivity index (χ1n) is 5.87. The van der Waals surface area contributed by atoms with Crippen molar-refractivity contribution in [2.75, 3.05) is 13.2 Å². The molecule has 0 bridgehead atoms. The van der Waals surface area contributed by atoms with Gasteiger partial charge >= 0.3 is 6.09 Å². The third-order valence-electron chi connectivity index (χ3n) is 3.03. The van der Waals surface area contributed by atoms with Gasteiger partial charge in [-0.2, -0.15) is 0 Å². The quantitative estimate of drug-likeness (QED) is 0.769. The van der Waals surface area contributed by atoms with Crippen molar-refractivity contribution in [2.24, 2.45) is 0 Å². The summed E-state index contributed by atoms with van der Waals surface area (Å²) in [6.07, 6.45) is -1.35. The Morgan fingerprint density at radius 1 is 1.53 bits per heavy atom. The fourth-order valence-electron chi connectivity index (χ4n) is 2.00. The Bertz CT molecular complexity index is 450. The van der Waals surface area contributed by atoms with Gasteiger partial charge in [-0.15, -0.1) is 0 Å². The van der Waals surface area contributed by atoms with Crippen molar-refractivity contribution in [1.29, 1.82) is 0 Å². The monoisotopic (exact) mass is 265 g/mol. The molecule has 2 rings (SSSR count). The highest BCUT2D eigenvalue weighted by Crippen LogP contribution is 2.21. The molecule has 2 atom stereocenters. The fraction of sp³-hybridized carbons (Fsp3) is 0.385. The smallest absolute Gasteiger partial charge is 0.405 e. The van der Waals surface area contributed by atoms with Gasteiger partial charge in [0.1, 0.15) is 6.10 Å². The minimum atomic E-state index is -1.32. The average Bonchev–Trinajstić information content (AvgIpc) is 2.80. The minimum absolute atomic E-state index is 0.0117. The van der Waals surface area contributed by atoms with Crippen molar-refractivity contribution in [3.63, 3.8) is 0 Å². The molecule has 0 aliphatic carbocycles. The van der Waals surface area contributed by atoms with E-state index in [4.69, 9.17) is 14.6 Å². The van der Waals surface area contributed by atoms with Crippen LogP contribution in [0.5, 0.6) is 0 Å². The summed E-state index contributed by atoms with van der Waals surface area (Å²) < 4.78 is 10.8. The second kappa shape index (κ2) is 5.81. The van der Waals surface area contributed by atoms with Gasteiger partial charge in [0.15, 0.2) is 11.8 Å². The summed E-state index contributed by atoms with van der Waals surface area (Å²) in [4.78, 5) is 22.0. The van der Waals surface area contributed by atoms with Gasteiger partial charge < -0.3 is 24.7 Å². The van der Waals surface area contributed by atoms with Crippen LogP contribution in [0.1, 0.15) is 5.56 Å². The van der Waals surface area contributed by atoms with E-state index in [2.05, 4.69) is 5.32 Å². The molecule has 102 valence electrons. The molecule has 1 heterocycles. The molecule has 2 N–H and O–H groups in total. The average molecular weight is 265 g/mol. The van der Waals surface area contributed by atoms with Crippen molar-refractivity contribution in [2.45, 2.75) is 18.2 Å². The number of hydrogen-bond acceptors (Lipinski definition) is 4. The molecule has 6 nitrogen and oxygen atoms in total. The molecule has 1 amide bonds. The van der Waals surface area contributed by atoms with E-state index in [0.29, 0.717) is 12.9 Å². The summed E-state index contributed by atoms with van der Waals surface area (Å²) in [6, 6.07) is 9.44. The van der Waals surface area contributed by atoms with Crippen molar-refractivity contribution in [1.82, 2.24) is 5.32 Å². The lowest BCUT2D eigenvalue weighted by atomic mass is 9.98. The molecule has 1 aliphatic heterocycles. The Balaban J connectivity index is 2.02. The molecule has 0 saturated carbocycles. The topological polar surface area (TPSA) is 84.9 Å². The number of carbonyl (C=O) groups is 2. The van der Waals surface area contributed by atoms with E-state index in [1.165, 1.54) is 0 Å². The first-order chi connectivity index (χ1) is 9.16. The summed E-state index contributed by atoms with van der Waals surface area (Å²) in [5, 5.41) is 11.0. The maximum Gasteiger partial charge on any atom is 0.405 e. The number of hydrogen-bond donors (Lipinski definition) is 2. The summed E-state index contributed by atoms with van der Waals surface area (Å²) >= 11 is 0. The van der Waals surface area contributed by atoms with Gasteiger partial charge in [0.05, 0.1) is 19.8 Å². The fourth-order valence-corrected chi connectivity index (χ4v) is 2.00. The number of rotatable bonds is 5. The van der Waals surface area contributed by atoms with E-state index in [1.54, 1.807) is 0 Å². The molecular formula is C13H15NO5. The van der Waals surface area contributed by atoms with Crippen LogP contribution >= 0.6 is 0 Å². The van der Waals surface area contributed by atoms with E-state index in [0.717, 1.165) is 5.56 Å². The Morgan fingerprint density at radius 2 is 2.26 bits per heavy atom. The van der Waals surface area contributed by atoms with E-state index < -0.39 is 17.7 Å². The maximum absolute atomic E-state index is 11.2. The molecule has 2 unspecified atom stereocenters. The van der Waals surface area contributed by atoms with Gasteiger partial charge in [0.25, 0.3) is 0 Å². The minimum Gasteiger partial charge on any atom is -0.465 e. The van der Waals surface area contributed by atoms with Gasteiger partial charge in [0.2, 0.25) is 0 Å². The Morgan fingerprint density at radius 3 is 2.89 bits per heavy atom. The highest BCUT2D eigenvalue weighted by atomic mass is 16.6. The number of carbonyl (C=O) groups excluding carboxylic acids is 1. The first kappa shape index (κ1) is 13.5. The third kappa shape index (κ3) is 3.10. The van der Waals surface area contributed by atoms with E-state index in [-0.39, 0.29) is 13.2 Å². The van der Waals surface area contributed by atoms with E-state index in [9.17, 15) is 9.59 Å². The van der Waals surface area contributed by atoms with Crippen LogP contribution in [0.25, 0.3) is 0 Å². The van der Waals surface area contributed by atoms with Gasteiger partial charge in [-0.3, -0.25) is 0 Å². The molecule has 1 fully saturated rings. The molecular weight excluding hydrogens is 250 g/mol. The standard InChI is InChI=1S/C13H15NO5/c15-8-13(14-12(16)17)9-18-7-11(13)19-6-10-4-2-1-3-5-10/h1-5,8,11,14H,6-7,9H2,(H,16,17). The second-order valence-electron chi connectivity index (χ2n) is 4.39. The summed E-state index contributed by atoms with van der Waals surface area (Å²) in [7, 11) is 0. The predicted molar refractivity (Wildman–Crippen MR) is 65.8 cm³/mol. The molecule has 0 spiro atoms. The van der Waals surface area contributed by atoms with Gasteiger partial charge in [-0.05, 0) is 5.56 Å². The van der Waals surface area contributed by atoms with Crippen molar-refractivity contribution >= 4 is 12.4 Å². The van der Waals surface area contributed by atoms with Crippen LogP contribution in [-0.4, -0.2) is 42.3 Å². The Kier molecular flexibility index (Phi) is 4.13. The van der Waals surface area contributed by atoms with E-state index >= 15 is 0 Å². The largest absolute Gasteiger partial charge is 0.465 e. The Hall–Kier alpha value is -1.92. The van der Waals surface area contributed by atoms with E-state index in [1.807, 2.05) is 30.3 Å². The summed E-state index contributed by atoms with van der Waals surface area (Å²) in [5.74, 6) is 0. The number of aldehydes is 1. The first-order valence-corrected chi connectivity index (χ1v) is 5.87. The third-order valence-corrected chi connectivity index (χ3v) is 3.03. The number of amides is 1. The van der Waals surface area contributed by atoms with Crippen molar-refractivity contribution in [3.05, 3.63) is 35.9 Å². The van der Waals surface area contributed by atoms with Gasteiger partial charge in [-0.25, -0.2) is 4.79 Å². The number of carboxylic acid groups (broad SMARTS) is 1. The highest BCUT2D eigenvalue weighted by Gasteiger charge is 2.46. The Labute approximate surface area is 110 Å². The second-order valence-corrected chi connectivity index (χ2v) is 4.39. The lowest BCUT2D eigenvalue weighted by Gasteiger charge is -2.27. The van der Waals surface area contributed by atoms with Crippen LogP contribution in [-0.2, 0) is 20.9 Å². The molecule has 1 aromatic rings. The normalized spacial score (nSPS) is 26.0. The maximum atomic E-state index is 11.2. The van der Waals surface area contributed by atoms with Crippen molar-refractivity contribution in [3.8, 4) is 0 Å². The zero-order valence-electron chi connectivity index (χ0n) is 10.2. The zero-order chi connectivity index (χ0) is 13.7. The van der Waals surface area contributed by atoms with Crippen molar-refractivity contribution < 1.29 is 24.2 Å². The van der Waals surface area contributed by atoms with Gasteiger partial charge in [0, 0.05) is 0 Å². The lowest BCUT2D eigenvalue weighted by molar-refractivity contribution is -0.117. The number of ether oxygens (including phenoxy) is 2. The molecule has 1 aromatic carbocycles. The summed E-state index contributed by atoms with van der Waals surface area (Å²) in [5.41, 5.74) is -0.370. The molecule has 6 heteroatoms. The summed E-state index contributed by atoms with van der Waals surface area (Å²) in [6.45, 7) is 0.472. The van der Waals surface area contributed by atoms with Crippen LogP contribution in [0, 0.1) is 0 Å². The molecule has 19 heavy (non-hydrogen) atoms. The molecule has 1 aliphatic rings. The highest BCUT2D eigenvalue weighted by molar-refractivity contribution is 5.76. The molecule has 1 saturated heterocycles. The van der Waals surface area contributed by atoms with Crippen LogP contribution in [0.15, 0.2) is 30.3 Å². The van der Waals surface area contributed by atoms with Gasteiger partial charge in [-0.1, -0.05) is 30.3 Å². The van der Waals surface area contributed by atoms with Crippen LogP contribution < -0.4 is 5.32 Å². The number of benzene rings is 1.